The fourth-order valence-electron chi connectivity index (χ4n) is 6.73. The van der Waals surface area contributed by atoms with E-state index >= 15 is 0 Å². The second-order valence-corrected chi connectivity index (χ2v) is 14.4. The number of carbonyl (C=O) groups excluding carboxylic acids is 4. The smallest absolute Gasteiger partial charge is 0.383 e. The lowest BCUT2D eigenvalue weighted by Gasteiger charge is -2.43. The van der Waals surface area contributed by atoms with Crippen LogP contribution in [0.1, 0.15) is 101 Å². The lowest BCUT2D eigenvalue weighted by Crippen LogP contribution is -2.40. The van der Waals surface area contributed by atoms with Crippen LogP contribution < -0.4 is 5.32 Å². The number of rotatable bonds is 9. The van der Waals surface area contributed by atoms with E-state index in [0.717, 1.165) is 42.5 Å². The highest BCUT2D eigenvalue weighted by atomic mass is 19.4. The molecule has 11 heteroatoms. The van der Waals surface area contributed by atoms with Gasteiger partial charge >= 0.3 is 18.1 Å². The van der Waals surface area contributed by atoms with Gasteiger partial charge in [-0.2, -0.15) is 13.2 Å². The van der Waals surface area contributed by atoms with Crippen molar-refractivity contribution in [3.63, 3.8) is 0 Å². The van der Waals surface area contributed by atoms with Gasteiger partial charge in [-0.15, -0.1) is 0 Å². The molecular formula is C38H42F3N3O5. The summed E-state index contributed by atoms with van der Waals surface area (Å²) < 4.78 is 41.4. The van der Waals surface area contributed by atoms with Crippen LogP contribution in [-0.2, 0) is 20.4 Å². The van der Waals surface area contributed by atoms with Crippen LogP contribution >= 0.6 is 0 Å². The van der Waals surface area contributed by atoms with Gasteiger partial charge in [-0.05, 0) is 84.2 Å². The number of nitrogens with one attached hydrogen (secondary N) is 1. The van der Waals surface area contributed by atoms with Crippen LogP contribution in [0.2, 0.25) is 0 Å². The maximum atomic E-state index is 14.4. The van der Waals surface area contributed by atoms with Gasteiger partial charge in [0.2, 0.25) is 0 Å². The summed E-state index contributed by atoms with van der Waals surface area (Å²) in [5.74, 6) is -4.45. The summed E-state index contributed by atoms with van der Waals surface area (Å²) >= 11 is 0. The lowest BCUT2D eigenvalue weighted by molar-refractivity contribution is -0.193. The van der Waals surface area contributed by atoms with Gasteiger partial charge in [-0.3, -0.25) is 9.59 Å². The van der Waals surface area contributed by atoms with Crippen molar-refractivity contribution in [1.82, 2.24) is 9.80 Å². The number of hydrogen-bond acceptors (Lipinski definition) is 6. The molecule has 2 amide bonds. The van der Waals surface area contributed by atoms with Gasteiger partial charge < -0.3 is 19.9 Å². The fraction of sp³-hybridized carbons (Fsp3) is 0.421. The summed E-state index contributed by atoms with van der Waals surface area (Å²) in [6.07, 6.45) is -2.48. The first kappa shape index (κ1) is 35.8. The highest BCUT2D eigenvalue weighted by Crippen LogP contribution is 2.49. The summed E-state index contributed by atoms with van der Waals surface area (Å²) in [6, 6.07) is 19.2. The second-order valence-electron chi connectivity index (χ2n) is 14.4. The van der Waals surface area contributed by atoms with Crippen LogP contribution in [0.25, 0.3) is 0 Å². The number of ether oxygens (including phenoxy) is 1. The van der Waals surface area contributed by atoms with E-state index in [-0.39, 0.29) is 27.9 Å². The monoisotopic (exact) mass is 677 g/mol. The fourth-order valence-corrected chi connectivity index (χ4v) is 6.73. The molecule has 0 saturated heterocycles. The molecule has 1 saturated carbocycles. The van der Waals surface area contributed by atoms with E-state index in [1.807, 2.05) is 24.3 Å². The molecule has 49 heavy (non-hydrogen) atoms. The van der Waals surface area contributed by atoms with Crippen LogP contribution in [-0.4, -0.2) is 73.0 Å². The second kappa shape index (κ2) is 13.4. The Kier molecular flexibility index (Phi) is 9.80. The van der Waals surface area contributed by atoms with Crippen molar-refractivity contribution in [2.45, 2.75) is 75.9 Å². The summed E-state index contributed by atoms with van der Waals surface area (Å²) in [5, 5.41) is 2.88. The van der Waals surface area contributed by atoms with Crippen molar-refractivity contribution in [3.8, 4) is 0 Å². The van der Waals surface area contributed by atoms with Crippen LogP contribution in [0, 0.1) is 0 Å². The van der Waals surface area contributed by atoms with E-state index in [1.54, 1.807) is 18.0 Å². The first-order chi connectivity index (χ1) is 22.9. The van der Waals surface area contributed by atoms with E-state index in [9.17, 15) is 32.3 Å². The first-order valence-corrected chi connectivity index (χ1v) is 16.3. The normalized spacial score (nSPS) is 19.1. The molecule has 0 aromatic heterocycles. The predicted molar refractivity (Wildman–Crippen MR) is 180 cm³/mol. The van der Waals surface area contributed by atoms with Crippen LogP contribution in [0.5, 0.6) is 0 Å². The molecule has 3 aromatic carbocycles. The Bertz CT molecular complexity index is 1750. The molecule has 5 rings (SSSR count). The average molecular weight is 678 g/mol. The van der Waals surface area contributed by atoms with Crippen molar-refractivity contribution >= 4 is 29.4 Å². The van der Waals surface area contributed by atoms with E-state index in [2.05, 4.69) is 61.8 Å². The topological polar surface area (TPSA) is 96.0 Å². The zero-order chi connectivity index (χ0) is 35.9. The highest BCUT2D eigenvalue weighted by Gasteiger charge is 2.44. The summed E-state index contributed by atoms with van der Waals surface area (Å²) in [5.41, 5.74) is 3.21. The summed E-state index contributed by atoms with van der Waals surface area (Å²) in [6.45, 7) is 9.67. The molecule has 0 spiro atoms. The van der Waals surface area contributed by atoms with Gasteiger partial charge in [0.15, 0.2) is 0 Å². The molecule has 0 aliphatic heterocycles. The van der Waals surface area contributed by atoms with Gasteiger partial charge in [-0.25, -0.2) is 9.59 Å². The summed E-state index contributed by atoms with van der Waals surface area (Å²) in [7, 11) is 3.85. The largest absolute Gasteiger partial charge is 0.491 e. The molecule has 2 aliphatic rings. The number of likely N-dealkylation sites (N-methyl/N-ethyl adjacent to an activating group) is 2. The third-order valence-corrected chi connectivity index (χ3v) is 9.93. The quantitative estimate of drug-likeness (QED) is 0.192. The molecule has 260 valence electrons. The molecule has 1 N–H and O–H groups in total. The van der Waals surface area contributed by atoms with Gasteiger partial charge in [0, 0.05) is 37.7 Å². The number of benzene rings is 3. The van der Waals surface area contributed by atoms with Crippen LogP contribution in [0.15, 0.2) is 66.7 Å². The number of alkyl halides is 3. The van der Waals surface area contributed by atoms with Crippen molar-refractivity contribution in [2.75, 3.05) is 32.5 Å². The Morgan fingerprint density at radius 3 is 2.08 bits per heavy atom. The predicted octanol–water partition coefficient (Wildman–Crippen LogP) is 7.09. The molecule has 0 bridgehead atoms. The number of halogens is 3. The highest BCUT2D eigenvalue weighted by molar-refractivity contribution is 6.10. The van der Waals surface area contributed by atoms with E-state index in [4.69, 9.17) is 0 Å². The standard InChI is InChI=1S/C38H42F3N3O5/c1-36(2)18-19-37(3,4)31-27(36)16-17-28(42-32(45)24-12-14-25(15-13-24)34(47)49-35(48)38(39,40)41)30(31)33(46)44(6)21-20-43(5)29-22-26(29)23-10-8-7-9-11-23/h7-17,26,29H,18-22H2,1-6H3,(H,42,45). The Balaban J connectivity index is 1.37. The number of anilines is 1. The third kappa shape index (κ3) is 7.72. The van der Waals surface area contributed by atoms with Gasteiger partial charge in [0.1, 0.15) is 0 Å². The molecule has 8 nitrogen and oxygen atoms in total. The number of nitrogens with zero attached hydrogens (tertiary/aromatic N) is 2. The Labute approximate surface area is 284 Å². The van der Waals surface area contributed by atoms with Crippen molar-refractivity contribution in [1.29, 1.82) is 0 Å². The molecule has 3 aromatic rings. The molecule has 2 aliphatic carbocycles. The molecule has 0 radical (unpaired) electrons. The number of carbonyl (C=O) groups is 4. The van der Waals surface area contributed by atoms with E-state index in [0.29, 0.717) is 36.3 Å². The minimum Gasteiger partial charge on any atom is -0.383 e. The first-order valence-electron chi connectivity index (χ1n) is 16.3. The maximum Gasteiger partial charge on any atom is 0.491 e. The molecule has 1 fully saturated rings. The van der Waals surface area contributed by atoms with Crippen molar-refractivity contribution in [3.05, 3.63) is 100 Å². The minimum absolute atomic E-state index is 0.0850. The summed E-state index contributed by atoms with van der Waals surface area (Å²) in [4.78, 5) is 55.0. The van der Waals surface area contributed by atoms with Gasteiger partial charge in [0.25, 0.3) is 11.8 Å². The SMILES string of the molecule is CN(CCN(C)C1CC1c1ccccc1)C(=O)c1c(NC(=O)c2ccc(C(=O)OC(=O)C(F)(F)F)cc2)ccc2c1C(C)(C)CCC2(C)C. The van der Waals surface area contributed by atoms with Crippen molar-refractivity contribution in [2.24, 2.45) is 0 Å². The number of amides is 2. The zero-order valence-electron chi connectivity index (χ0n) is 28.6. The number of hydrogen-bond donors (Lipinski definition) is 1. The Morgan fingerprint density at radius 2 is 1.45 bits per heavy atom. The maximum absolute atomic E-state index is 14.4. The van der Waals surface area contributed by atoms with E-state index < -0.39 is 24.0 Å². The zero-order valence-corrected chi connectivity index (χ0v) is 28.6. The molecule has 2 atom stereocenters. The van der Waals surface area contributed by atoms with E-state index in [1.165, 1.54) is 17.7 Å². The lowest BCUT2D eigenvalue weighted by atomic mass is 9.61. The molecule has 2 unspecified atom stereocenters. The van der Waals surface area contributed by atoms with Crippen LogP contribution in [0.4, 0.5) is 18.9 Å². The number of fused-ring (bicyclic) bond motifs is 1. The van der Waals surface area contributed by atoms with Gasteiger partial charge in [-0.1, -0.05) is 64.1 Å². The number of esters is 2. The third-order valence-electron chi connectivity index (χ3n) is 9.93. The van der Waals surface area contributed by atoms with Crippen molar-refractivity contribution < 1.29 is 37.1 Å². The minimum atomic E-state index is -5.32. The molecule has 0 heterocycles. The Morgan fingerprint density at radius 1 is 0.837 bits per heavy atom. The van der Waals surface area contributed by atoms with Gasteiger partial charge in [0.05, 0.1) is 16.8 Å². The molecular weight excluding hydrogens is 635 g/mol. The average Bonchev–Trinajstić information content (AvgIpc) is 3.86. The Hall–Kier alpha value is -4.51. The van der Waals surface area contributed by atoms with Crippen LogP contribution in [0.3, 0.4) is 0 Å².